The van der Waals surface area contributed by atoms with Gasteiger partial charge in [0.15, 0.2) is 0 Å². The van der Waals surface area contributed by atoms with Crippen LogP contribution in [0.5, 0.6) is 0 Å². The molecule has 0 aliphatic carbocycles. The molecule has 0 aliphatic heterocycles. The quantitative estimate of drug-likeness (QED) is 0.806. The molecule has 0 aromatic heterocycles. The molecule has 0 heterocycles. The van der Waals surface area contributed by atoms with Crippen molar-refractivity contribution in [1.82, 2.24) is 4.31 Å². The molecule has 0 spiro atoms. The van der Waals surface area contributed by atoms with Gasteiger partial charge in [0, 0.05) is 13.6 Å². The first kappa shape index (κ1) is 15.1. The number of nitrogens with zero attached hydrogens (tertiary/aromatic N) is 1. The molecule has 1 rings (SSSR count). The second kappa shape index (κ2) is 6.87. The molecule has 1 aromatic carbocycles. The minimum absolute atomic E-state index is 0.144. The predicted molar refractivity (Wildman–Crippen MR) is 74.8 cm³/mol. The summed E-state index contributed by atoms with van der Waals surface area (Å²) in [7, 11) is -1.57. The van der Waals surface area contributed by atoms with E-state index >= 15 is 0 Å². The van der Waals surface area contributed by atoms with Crippen molar-refractivity contribution in [3.8, 4) is 0 Å². The van der Waals surface area contributed by atoms with Crippen molar-refractivity contribution in [2.45, 2.75) is 13.3 Å². The monoisotopic (exact) mass is 270 g/mol. The fourth-order valence-electron chi connectivity index (χ4n) is 1.67. The highest BCUT2D eigenvalue weighted by molar-refractivity contribution is 7.89. The molecule has 0 aliphatic rings. The van der Waals surface area contributed by atoms with Gasteiger partial charge < -0.3 is 5.73 Å². The number of sulfonamides is 1. The van der Waals surface area contributed by atoms with Gasteiger partial charge in [-0.2, -0.15) is 0 Å². The molecule has 0 amide bonds. The highest BCUT2D eigenvalue weighted by Gasteiger charge is 2.19. The summed E-state index contributed by atoms with van der Waals surface area (Å²) in [6, 6.07) is 9.65. The SMILES string of the molecule is CC(CN)CN(C)S(=O)(=O)CCc1ccccc1. The maximum atomic E-state index is 12.0. The zero-order valence-corrected chi connectivity index (χ0v) is 11.9. The van der Waals surface area contributed by atoms with Crippen molar-refractivity contribution in [2.75, 3.05) is 25.9 Å². The minimum Gasteiger partial charge on any atom is -0.330 e. The summed E-state index contributed by atoms with van der Waals surface area (Å²) in [5.74, 6) is 0.326. The van der Waals surface area contributed by atoms with Gasteiger partial charge in [0.2, 0.25) is 10.0 Å². The predicted octanol–water partition coefficient (Wildman–Crippen LogP) is 1.09. The number of hydrogen-bond acceptors (Lipinski definition) is 3. The third-order valence-corrected chi connectivity index (χ3v) is 4.76. The van der Waals surface area contributed by atoms with Crippen molar-refractivity contribution < 1.29 is 8.42 Å². The zero-order chi connectivity index (χ0) is 13.6. The van der Waals surface area contributed by atoms with Gasteiger partial charge in [-0.25, -0.2) is 12.7 Å². The molecule has 2 N–H and O–H groups in total. The topological polar surface area (TPSA) is 63.4 Å². The van der Waals surface area contributed by atoms with Gasteiger partial charge in [-0.3, -0.25) is 0 Å². The standard InChI is InChI=1S/C13H22N2O2S/c1-12(10-14)11-15(2)18(16,17)9-8-13-6-4-3-5-7-13/h3-7,12H,8-11,14H2,1-2H3. The van der Waals surface area contributed by atoms with Crippen LogP contribution >= 0.6 is 0 Å². The Morgan fingerprint density at radius 1 is 1.28 bits per heavy atom. The van der Waals surface area contributed by atoms with E-state index in [0.29, 0.717) is 19.5 Å². The van der Waals surface area contributed by atoms with Crippen LogP contribution in [-0.4, -0.2) is 38.6 Å². The number of hydrogen-bond donors (Lipinski definition) is 1. The fourth-order valence-corrected chi connectivity index (χ4v) is 2.96. The lowest BCUT2D eigenvalue weighted by Crippen LogP contribution is -2.35. The summed E-state index contributed by atoms with van der Waals surface area (Å²) in [4.78, 5) is 0. The molecular weight excluding hydrogens is 248 g/mol. The molecule has 1 aromatic rings. The number of aryl methyl sites for hydroxylation is 1. The molecule has 0 radical (unpaired) electrons. The summed E-state index contributed by atoms with van der Waals surface area (Å²) < 4.78 is 25.5. The smallest absolute Gasteiger partial charge is 0.214 e. The second-order valence-corrected chi connectivity index (χ2v) is 6.87. The summed E-state index contributed by atoms with van der Waals surface area (Å²) in [5, 5.41) is 0. The van der Waals surface area contributed by atoms with Crippen LogP contribution in [0.2, 0.25) is 0 Å². The lowest BCUT2D eigenvalue weighted by molar-refractivity contribution is 0.405. The fraction of sp³-hybridized carbons (Fsp3) is 0.538. The zero-order valence-electron chi connectivity index (χ0n) is 11.0. The van der Waals surface area contributed by atoms with Crippen LogP contribution < -0.4 is 5.73 Å². The number of nitrogens with two attached hydrogens (primary N) is 1. The van der Waals surface area contributed by atoms with Crippen LogP contribution in [0.3, 0.4) is 0 Å². The molecule has 1 atom stereocenters. The molecule has 5 heteroatoms. The van der Waals surface area contributed by atoms with Crippen LogP contribution in [0, 0.1) is 5.92 Å². The lowest BCUT2D eigenvalue weighted by Gasteiger charge is -2.20. The lowest BCUT2D eigenvalue weighted by atomic mass is 10.2. The Balaban J connectivity index is 2.54. The average Bonchev–Trinajstić information content (AvgIpc) is 2.37. The molecule has 4 nitrogen and oxygen atoms in total. The van der Waals surface area contributed by atoms with E-state index in [1.807, 2.05) is 37.3 Å². The van der Waals surface area contributed by atoms with Crippen LogP contribution in [0.15, 0.2) is 30.3 Å². The Labute approximate surface area is 110 Å². The minimum atomic E-state index is -3.19. The first-order chi connectivity index (χ1) is 8.45. The summed E-state index contributed by atoms with van der Waals surface area (Å²) in [5.41, 5.74) is 6.55. The van der Waals surface area contributed by atoms with Crippen LogP contribution in [0.25, 0.3) is 0 Å². The van der Waals surface area contributed by atoms with Crippen molar-refractivity contribution in [2.24, 2.45) is 11.7 Å². The van der Waals surface area contributed by atoms with E-state index in [2.05, 4.69) is 0 Å². The van der Waals surface area contributed by atoms with Gasteiger partial charge >= 0.3 is 0 Å². The van der Waals surface area contributed by atoms with Gasteiger partial charge in [-0.1, -0.05) is 37.3 Å². The largest absolute Gasteiger partial charge is 0.330 e. The maximum Gasteiger partial charge on any atom is 0.214 e. The molecule has 18 heavy (non-hydrogen) atoms. The van der Waals surface area contributed by atoms with E-state index in [1.54, 1.807) is 7.05 Å². The first-order valence-corrected chi connectivity index (χ1v) is 7.74. The second-order valence-electron chi connectivity index (χ2n) is 4.67. The third-order valence-electron chi connectivity index (χ3n) is 2.94. The number of rotatable bonds is 7. The van der Waals surface area contributed by atoms with Gasteiger partial charge in [-0.05, 0) is 24.4 Å². The molecule has 0 fully saturated rings. The van der Waals surface area contributed by atoms with Crippen LogP contribution in [0.1, 0.15) is 12.5 Å². The Hall–Kier alpha value is -0.910. The molecule has 102 valence electrons. The Morgan fingerprint density at radius 3 is 2.44 bits per heavy atom. The van der Waals surface area contributed by atoms with Crippen LogP contribution in [-0.2, 0) is 16.4 Å². The highest BCUT2D eigenvalue weighted by atomic mass is 32.2. The Bertz CT molecular complexity index is 445. The molecule has 1 unspecified atom stereocenters. The van der Waals surface area contributed by atoms with E-state index in [1.165, 1.54) is 4.31 Å². The Morgan fingerprint density at radius 2 is 1.89 bits per heavy atom. The summed E-state index contributed by atoms with van der Waals surface area (Å²) in [6.45, 7) is 2.93. The van der Waals surface area contributed by atoms with E-state index in [9.17, 15) is 8.42 Å². The van der Waals surface area contributed by atoms with E-state index < -0.39 is 10.0 Å². The normalized spacial score (nSPS) is 13.8. The van der Waals surface area contributed by atoms with E-state index in [0.717, 1.165) is 5.56 Å². The van der Waals surface area contributed by atoms with Crippen molar-refractivity contribution in [1.29, 1.82) is 0 Å². The highest BCUT2D eigenvalue weighted by Crippen LogP contribution is 2.07. The molecule has 0 saturated carbocycles. The van der Waals surface area contributed by atoms with Gasteiger partial charge in [0.25, 0.3) is 0 Å². The number of benzene rings is 1. The summed E-state index contributed by atoms with van der Waals surface area (Å²) >= 11 is 0. The Kier molecular flexibility index (Phi) is 5.78. The van der Waals surface area contributed by atoms with Crippen molar-refractivity contribution in [3.05, 3.63) is 35.9 Å². The first-order valence-electron chi connectivity index (χ1n) is 6.13. The van der Waals surface area contributed by atoms with E-state index in [4.69, 9.17) is 5.73 Å². The van der Waals surface area contributed by atoms with Gasteiger partial charge in [0.05, 0.1) is 5.75 Å². The van der Waals surface area contributed by atoms with Gasteiger partial charge in [0.1, 0.15) is 0 Å². The third kappa shape index (κ3) is 4.76. The molecule has 0 bridgehead atoms. The average molecular weight is 270 g/mol. The van der Waals surface area contributed by atoms with Crippen molar-refractivity contribution >= 4 is 10.0 Å². The molecular formula is C13H22N2O2S. The van der Waals surface area contributed by atoms with E-state index in [-0.39, 0.29) is 11.7 Å². The van der Waals surface area contributed by atoms with Crippen LogP contribution in [0.4, 0.5) is 0 Å². The molecule has 0 saturated heterocycles. The maximum absolute atomic E-state index is 12.0. The van der Waals surface area contributed by atoms with Gasteiger partial charge in [-0.15, -0.1) is 0 Å². The summed E-state index contributed by atoms with van der Waals surface area (Å²) in [6.07, 6.45) is 0.546. The van der Waals surface area contributed by atoms with Crippen molar-refractivity contribution in [3.63, 3.8) is 0 Å².